The highest BCUT2D eigenvalue weighted by Gasteiger charge is 2.07. The minimum Gasteiger partial charge on any atom is -0.508 e. The molecule has 0 bridgehead atoms. The van der Waals surface area contributed by atoms with Crippen molar-refractivity contribution in [3.05, 3.63) is 51.7 Å². The fraction of sp³-hybridized carbons (Fsp3) is 0.133. The van der Waals surface area contributed by atoms with E-state index in [4.69, 9.17) is 5.11 Å². The number of carbonyl (C=O) groups is 1. The Morgan fingerprint density at radius 3 is 2.70 bits per heavy atom. The normalized spacial score (nSPS) is 9.65. The van der Waals surface area contributed by atoms with Crippen LogP contribution >= 0.6 is 11.3 Å². The molecular weight excluding hydrogens is 274 g/mol. The van der Waals surface area contributed by atoms with Gasteiger partial charge in [0.1, 0.15) is 12.4 Å². The second-order valence-electron chi connectivity index (χ2n) is 3.95. The quantitative estimate of drug-likeness (QED) is 0.753. The average Bonchev–Trinajstić information content (AvgIpc) is 2.90. The zero-order chi connectivity index (χ0) is 14.4. The van der Waals surface area contributed by atoms with Gasteiger partial charge in [0, 0.05) is 16.0 Å². The van der Waals surface area contributed by atoms with Crippen molar-refractivity contribution in [3.8, 4) is 17.6 Å². The van der Waals surface area contributed by atoms with Crippen molar-refractivity contribution in [2.45, 2.75) is 6.54 Å². The molecule has 1 amide bonds. The van der Waals surface area contributed by atoms with Crippen LogP contribution in [0.4, 0.5) is 0 Å². The van der Waals surface area contributed by atoms with Crippen LogP contribution in [0.5, 0.6) is 5.75 Å². The summed E-state index contributed by atoms with van der Waals surface area (Å²) in [6.45, 7) is 0.196. The van der Waals surface area contributed by atoms with E-state index in [-0.39, 0.29) is 18.3 Å². The summed E-state index contributed by atoms with van der Waals surface area (Å²) in [6, 6.07) is 7.92. The Labute approximate surface area is 120 Å². The lowest BCUT2D eigenvalue weighted by Gasteiger charge is -2.04. The molecule has 0 fully saturated rings. The first kappa shape index (κ1) is 14.1. The molecule has 0 unspecified atom stereocenters. The van der Waals surface area contributed by atoms with Crippen LogP contribution in [0.15, 0.2) is 35.7 Å². The minimum atomic E-state index is -0.209. The van der Waals surface area contributed by atoms with E-state index < -0.39 is 0 Å². The van der Waals surface area contributed by atoms with E-state index in [1.165, 1.54) is 23.5 Å². The Bertz CT molecular complexity index is 650. The molecule has 102 valence electrons. The number of thiophene rings is 1. The average molecular weight is 287 g/mol. The fourth-order valence-corrected chi connectivity index (χ4v) is 2.37. The molecule has 3 N–H and O–H groups in total. The molecule has 0 radical (unpaired) electrons. The van der Waals surface area contributed by atoms with E-state index in [1.807, 2.05) is 11.4 Å². The number of phenols is 1. The van der Waals surface area contributed by atoms with E-state index in [0.717, 1.165) is 10.4 Å². The molecule has 1 aromatic heterocycles. The van der Waals surface area contributed by atoms with Gasteiger partial charge in [0.2, 0.25) is 0 Å². The molecule has 0 saturated heterocycles. The monoisotopic (exact) mass is 287 g/mol. The molecule has 0 aliphatic carbocycles. The van der Waals surface area contributed by atoms with Crippen molar-refractivity contribution >= 4 is 17.2 Å². The largest absolute Gasteiger partial charge is 0.508 e. The Hall–Kier alpha value is -2.29. The zero-order valence-corrected chi connectivity index (χ0v) is 11.4. The summed E-state index contributed by atoms with van der Waals surface area (Å²) >= 11 is 1.50. The van der Waals surface area contributed by atoms with E-state index in [1.54, 1.807) is 12.1 Å². The summed E-state index contributed by atoms with van der Waals surface area (Å²) in [5.74, 6) is 5.35. The van der Waals surface area contributed by atoms with Crippen molar-refractivity contribution in [2.24, 2.45) is 0 Å². The predicted molar refractivity (Wildman–Crippen MR) is 77.6 cm³/mol. The lowest BCUT2D eigenvalue weighted by Crippen LogP contribution is -2.22. The fourth-order valence-electron chi connectivity index (χ4n) is 1.60. The molecule has 1 heterocycles. The highest BCUT2D eigenvalue weighted by Crippen LogP contribution is 2.16. The molecule has 2 rings (SSSR count). The number of rotatable bonds is 3. The second kappa shape index (κ2) is 6.75. The second-order valence-corrected chi connectivity index (χ2v) is 4.95. The maximum absolute atomic E-state index is 11.9. The van der Waals surface area contributed by atoms with Crippen LogP contribution in [0, 0.1) is 11.8 Å². The Morgan fingerprint density at radius 2 is 2.00 bits per heavy atom. The molecule has 0 aliphatic heterocycles. The summed E-state index contributed by atoms with van der Waals surface area (Å²) < 4.78 is 0. The lowest BCUT2D eigenvalue weighted by atomic mass is 10.2. The number of aliphatic hydroxyl groups is 1. The lowest BCUT2D eigenvalue weighted by molar-refractivity contribution is 0.0951. The molecule has 0 spiro atoms. The highest BCUT2D eigenvalue weighted by atomic mass is 32.1. The zero-order valence-electron chi connectivity index (χ0n) is 10.6. The van der Waals surface area contributed by atoms with Crippen LogP contribution in [-0.2, 0) is 6.54 Å². The standard InChI is InChI=1S/C15H13NO3S/c17-8-1-2-11-7-9-20-14(11)10-16-15(19)12-3-5-13(18)6-4-12/h3-7,9,17-18H,8,10H2,(H,16,19). The number of phenolic OH excluding ortho intramolecular Hbond substituents is 1. The van der Waals surface area contributed by atoms with Crippen LogP contribution in [-0.4, -0.2) is 22.7 Å². The van der Waals surface area contributed by atoms with Crippen LogP contribution in [0.2, 0.25) is 0 Å². The van der Waals surface area contributed by atoms with Crippen LogP contribution in [0.3, 0.4) is 0 Å². The molecule has 0 atom stereocenters. The molecular formula is C15H13NO3S. The predicted octanol–water partition coefficient (Wildman–Crippen LogP) is 1.73. The van der Waals surface area contributed by atoms with Gasteiger partial charge in [-0.05, 0) is 35.7 Å². The van der Waals surface area contributed by atoms with E-state index in [9.17, 15) is 9.90 Å². The third-order valence-electron chi connectivity index (χ3n) is 2.59. The first-order chi connectivity index (χ1) is 9.70. The Kier molecular flexibility index (Phi) is 4.77. The first-order valence-electron chi connectivity index (χ1n) is 5.94. The number of aromatic hydroxyl groups is 1. The van der Waals surface area contributed by atoms with Gasteiger partial charge in [-0.25, -0.2) is 0 Å². The van der Waals surface area contributed by atoms with E-state index in [0.29, 0.717) is 12.1 Å². The van der Waals surface area contributed by atoms with Gasteiger partial charge in [-0.3, -0.25) is 4.79 Å². The van der Waals surface area contributed by atoms with Crippen molar-refractivity contribution in [1.82, 2.24) is 5.32 Å². The molecule has 1 aromatic carbocycles. The number of hydrogen-bond acceptors (Lipinski definition) is 4. The van der Waals surface area contributed by atoms with Crippen LogP contribution in [0.1, 0.15) is 20.8 Å². The van der Waals surface area contributed by atoms with Crippen molar-refractivity contribution < 1.29 is 15.0 Å². The molecule has 0 aliphatic rings. The van der Waals surface area contributed by atoms with Gasteiger partial charge >= 0.3 is 0 Å². The van der Waals surface area contributed by atoms with Crippen LogP contribution < -0.4 is 5.32 Å². The summed E-state index contributed by atoms with van der Waals surface area (Å²) in [5.41, 5.74) is 1.30. The number of carbonyl (C=O) groups excluding carboxylic acids is 1. The van der Waals surface area contributed by atoms with Gasteiger partial charge in [0.05, 0.1) is 6.54 Å². The topological polar surface area (TPSA) is 69.6 Å². The number of hydrogen-bond donors (Lipinski definition) is 3. The molecule has 5 heteroatoms. The van der Waals surface area contributed by atoms with Gasteiger partial charge in [-0.2, -0.15) is 0 Å². The molecule has 4 nitrogen and oxygen atoms in total. The molecule has 20 heavy (non-hydrogen) atoms. The van der Waals surface area contributed by atoms with Crippen molar-refractivity contribution in [2.75, 3.05) is 6.61 Å². The third-order valence-corrected chi connectivity index (χ3v) is 3.51. The number of benzene rings is 1. The van der Waals surface area contributed by atoms with Gasteiger partial charge in [-0.15, -0.1) is 11.3 Å². The van der Waals surface area contributed by atoms with Crippen LogP contribution in [0.25, 0.3) is 0 Å². The summed E-state index contributed by atoms with van der Waals surface area (Å²) in [4.78, 5) is 12.9. The van der Waals surface area contributed by atoms with Crippen molar-refractivity contribution in [1.29, 1.82) is 0 Å². The van der Waals surface area contributed by atoms with E-state index >= 15 is 0 Å². The number of nitrogens with one attached hydrogen (secondary N) is 1. The van der Waals surface area contributed by atoms with Gasteiger partial charge in [0.25, 0.3) is 5.91 Å². The Morgan fingerprint density at radius 1 is 1.25 bits per heavy atom. The molecule has 0 saturated carbocycles. The van der Waals surface area contributed by atoms with E-state index in [2.05, 4.69) is 17.2 Å². The summed E-state index contributed by atoms with van der Waals surface area (Å²) in [7, 11) is 0. The first-order valence-corrected chi connectivity index (χ1v) is 6.82. The van der Waals surface area contributed by atoms with Crippen molar-refractivity contribution in [3.63, 3.8) is 0 Å². The smallest absolute Gasteiger partial charge is 0.251 e. The summed E-state index contributed by atoms with van der Waals surface area (Å²) in [5, 5.41) is 22.5. The van der Waals surface area contributed by atoms with Gasteiger partial charge in [0.15, 0.2) is 0 Å². The number of amides is 1. The van der Waals surface area contributed by atoms with Gasteiger partial charge in [-0.1, -0.05) is 11.8 Å². The summed E-state index contributed by atoms with van der Waals surface area (Å²) in [6.07, 6.45) is 0. The maximum Gasteiger partial charge on any atom is 0.251 e. The van der Waals surface area contributed by atoms with Gasteiger partial charge < -0.3 is 15.5 Å². The maximum atomic E-state index is 11.9. The minimum absolute atomic E-state index is 0.126. The molecule has 2 aromatic rings. The number of aliphatic hydroxyl groups excluding tert-OH is 1. The SMILES string of the molecule is O=C(NCc1sccc1C#CCO)c1ccc(O)cc1. The third kappa shape index (κ3) is 3.60. The Balaban J connectivity index is 2.00. The highest BCUT2D eigenvalue weighted by molar-refractivity contribution is 7.10.